The maximum absolute atomic E-state index is 8.58. The quantitative estimate of drug-likeness (QED) is 0.453. The molecule has 0 saturated carbocycles. The number of rotatable bonds is 8. The van der Waals surface area contributed by atoms with Gasteiger partial charge in [-0.05, 0) is 32.4 Å². The van der Waals surface area contributed by atoms with Gasteiger partial charge in [0.2, 0.25) is 0 Å². The molecule has 0 spiro atoms. The highest BCUT2D eigenvalue weighted by molar-refractivity contribution is 7.80. The molecule has 0 aliphatic carbocycles. The summed E-state index contributed by atoms with van der Waals surface area (Å²) in [6.07, 6.45) is 3.08. The van der Waals surface area contributed by atoms with E-state index in [1.807, 2.05) is 0 Å². The monoisotopic (exact) mass is 204 g/mol. The smallest absolute Gasteiger partial charge is 0.0870 e. The van der Waals surface area contributed by atoms with Gasteiger partial charge in [0.05, 0.1) is 4.99 Å². The van der Waals surface area contributed by atoms with E-state index in [1.165, 1.54) is 0 Å². The van der Waals surface area contributed by atoms with Crippen LogP contribution in [0, 0.1) is 0 Å². The van der Waals surface area contributed by atoms with Gasteiger partial charge < -0.3 is 10.8 Å². The maximum Gasteiger partial charge on any atom is 0.0870 e. The van der Waals surface area contributed by atoms with Gasteiger partial charge in [0, 0.05) is 13.2 Å². The van der Waals surface area contributed by atoms with Crippen LogP contribution in [0.5, 0.6) is 0 Å². The molecule has 0 radical (unpaired) electrons. The van der Waals surface area contributed by atoms with E-state index in [0.717, 1.165) is 32.4 Å². The molecule has 4 heteroatoms. The van der Waals surface area contributed by atoms with E-state index in [0.29, 0.717) is 18.1 Å². The van der Waals surface area contributed by atoms with Crippen LogP contribution >= 0.6 is 12.2 Å². The zero-order valence-electron chi connectivity index (χ0n) is 8.33. The number of likely N-dealkylation sites (N-methyl/N-ethyl adjacent to an activating group) is 1. The molecule has 0 aromatic rings. The van der Waals surface area contributed by atoms with Gasteiger partial charge in [0.15, 0.2) is 0 Å². The molecule has 0 amide bonds. The van der Waals surface area contributed by atoms with Crippen molar-refractivity contribution in [1.82, 2.24) is 4.90 Å². The molecule has 0 heterocycles. The topological polar surface area (TPSA) is 49.5 Å². The third kappa shape index (κ3) is 8.15. The molecule has 3 nitrogen and oxygen atoms in total. The molecular formula is C9H20N2OS. The molecule has 0 unspecified atom stereocenters. The summed E-state index contributed by atoms with van der Waals surface area (Å²) in [5.74, 6) is 0. The van der Waals surface area contributed by atoms with Gasteiger partial charge in [0.1, 0.15) is 0 Å². The predicted octanol–water partition coefficient (Wildman–Crippen LogP) is 0.757. The van der Waals surface area contributed by atoms with Gasteiger partial charge in [-0.1, -0.05) is 19.1 Å². The minimum absolute atomic E-state index is 0.293. The molecule has 0 bridgehead atoms. The Morgan fingerprint density at radius 1 is 1.38 bits per heavy atom. The Bertz CT molecular complexity index is 142. The summed E-state index contributed by atoms with van der Waals surface area (Å²) < 4.78 is 0. The molecule has 0 rings (SSSR count). The van der Waals surface area contributed by atoms with E-state index in [-0.39, 0.29) is 0 Å². The minimum atomic E-state index is 0.293. The Balaban J connectivity index is 3.42. The number of hydrogen-bond donors (Lipinski definition) is 2. The second kappa shape index (κ2) is 8.41. The number of unbranched alkanes of at least 4 members (excludes halogenated alkanes) is 2. The summed E-state index contributed by atoms with van der Waals surface area (Å²) in [6, 6.07) is 0. The van der Waals surface area contributed by atoms with Gasteiger partial charge in [0.25, 0.3) is 0 Å². The largest absolute Gasteiger partial charge is 0.396 e. The Labute approximate surface area is 85.9 Å². The van der Waals surface area contributed by atoms with Crippen LogP contribution in [-0.2, 0) is 0 Å². The number of nitrogens with two attached hydrogens (primary N) is 1. The summed E-state index contributed by atoms with van der Waals surface area (Å²) in [5.41, 5.74) is 5.45. The highest BCUT2D eigenvalue weighted by Gasteiger charge is 2.02. The number of aliphatic hydroxyl groups excluding tert-OH is 1. The van der Waals surface area contributed by atoms with Gasteiger partial charge >= 0.3 is 0 Å². The molecule has 0 fully saturated rings. The van der Waals surface area contributed by atoms with Gasteiger partial charge in [-0.3, -0.25) is 4.90 Å². The first kappa shape index (κ1) is 12.8. The molecular weight excluding hydrogens is 184 g/mol. The van der Waals surface area contributed by atoms with Crippen LogP contribution in [-0.4, -0.2) is 41.2 Å². The first-order valence-electron chi connectivity index (χ1n) is 4.82. The number of nitrogens with zero attached hydrogens (tertiary/aromatic N) is 1. The Morgan fingerprint density at radius 3 is 2.54 bits per heavy atom. The lowest BCUT2D eigenvalue weighted by Crippen LogP contribution is -2.33. The fourth-order valence-electron chi connectivity index (χ4n) is 1.19. The van der Waals surface area contributed by atoms with Crippen molar-refractivity contribution in [3.8, 4) is 0 Å². The van der Waals surface area contributed by atoms with E-state index >= 15 is 0 Å². The van der Waals surface area contributed by atoms with Crippen molar-refractivity contribution in [2.45, 2.75) is 26.2 Å². The summed E-state index contributed by atoms with van der Waals surface area (Å²) >= 11 is 4.84. The molecule has 0 atom stereocenters. The Morgan fingerprint density at radius 2 is 2.08 bits per heavy atom. The predicted molar refractivity (Wildman–Crippen MR) is 59.8 cm³/mol. The van der Waals surface area contributed by atoms with Crippen molar-refractivity contribution in [1.29, 1.82) is 0 Å². The van der Waals surface area contributed by atoms with Crippen molar-refractivity contribution >= 4 is 17.2 Å². The standard InChI is InChI=1S/C9H20N2OS/c1-2-11(8-9(10)13)6-4-3-5-7-12/h12H,2-8H2,1H3,(H2,10,13). The summed E-state index contributed by atoms with van der Waals surface area (Å²) in [7, 11) is 0. The number of aliphatic hydroxyl groups is 1. The van der Waals surface area contributed by atoms with Crippen LogP contribution in [0.3, 0.4) is 0 Å². The lowest BCUT2D eigenvalue weighted by atomic mass is 10.2. The summed E-state index contributed by atoms with van der Waals surface area (Å²) in [5, 5.41) is 8.58. The third-order valence-corrected chi connectivity index (χ3v) is 2.09. The lowest BCUT2D eigenvalue weighted by molar-refractivity contribution is 0.271. The average Bonchev–Trinajstić information content (AvgIpc) is 2.09. The first-order valence-corrected chi connectivity index (χ1v) is 5.23. The molecule has 13 heavy (non-hydrogen) atoms. The van der Waals surface area contributed by atoms with Crippen LogP contribution in [0.15, 0.2) is 0 Å². The Hall–Kier alpha value is -0.190. The van der Waals surface area contributed by atoms with Crippen LogP contribution < -0.4 is 5.73 Å². The fourth-order valence-corrected chi connectivity index (χ4v) is 1.38. The van der Waals surface area contributed by atoms with Crippen molar-refractivity contribution < 1.29 is 5.11 Å². The van der Waals surface area contributed by atoms with Gasteiger partial charge in [-0.2, -0.15) is 0 Å². The van der Waals surface area contributed by atoms with Crippen LogP contribution in [0.4, 0.5) is 0 Å². The lowest BCUT2D eigenvalue weighted by Gasteiger charge is -2.18. The molecule has 0 saturated heterocycles. The number of hydrogen-bond acceptors (Lipinski definition) is 3. The number of thiocarbonyl (C=S) groups is 1. The van der Waals surface area contributed by atoms with E-state index < -0.39 is 0 Å². The van der Waals surface area contributed by atoms with E-state index in [2.05, 4.69) is 11.8 Å². The normalized spacial score (nSPS) is 10.7. The van der Waals surface area contributed by atoms with E-state index in [1.54, 1.807) is 0 Å². The molecule has 3 N–H and O–H groups in total. The van der Waals surface area contributed by atoms with Crippen molar-refractivity contribution in [2.24, 2.45) is 5.73 Å². The fraction of sp³-hybridized carbons (Fsp3) is 0.889. The van der Waals surface area contributed by atoms with E-state index in [4.69, 9.17) is 23.1 Å². The maximum atomic E-state index is 8.58. The van der Waals surface area contributed by atoms with Gasteiger partial charge in [-0.25, -0.2) is 0 Å². The molecule has 78 valence electrons. The van der Waals surface area contributed by atoms with Crippen LogP contribution in [0.25, 0.3) is 0 Å². The molecule has 0 aliphatic heterocycles. The molecule has 0 aromatic carbocycles. The first-order chi connectivity index (χ1) is 6.20. The van der Waals surface area contributed by atoms with Gasteiger partial charge in [-0.15, -0.1) is 0 Å². The Kier molecular flexibility index (Phi) is 8.29. The van der Waals surface area contributed by atoms with E-state index in [9.17, 15) is 0 Å². The third-order valence-electron chi connectivity index (χ3n) is 1.96. The second-order valence-corrected chi connectivity index (χ2v) is 3.64. The summed E-state index contributed by atoms with van der Waals surface area (Å²) in [6.45, 7) is 5.11. The van der Waals surface area contributed by atoms with Crippen molar-refractivity contribution in [3.63, 3.8) is 0 Å². The molecule has 0 aliphatic rings. The minimum Gasteiger partial charge on any atom is -0.396 e. The highest BCUT2D eigenvalue weighted by atomic mass is 32.1. The van der Waals surface area contributed by atoms with Crippen LogP contribution in [0.1, 0.15) is 26.2 Å². The second-order valence-electron chi connectivity index (χ2n) is 3.12. The zero-order valence-corrected chi connectivity index (χ0v) is 9.15. The highest BCUT2D eigenvalue weighted by Crippen LogP contribution is 1.98. The average molecular weight is 204 g/mol. The zero-order chi connectivity index (χ0) is 10.1. The van der Waals surface area contributed by atoms with Crippen LogP contribution in [0.2, 0.25) is 0 Å². The van der Waals surface area contributed by atoms with Crippen molar-refractivity contribution in [3.05, 3.63) is 0 Å². The molecule has 0 aromatic heterocycles. The summed E-state index contributed by atoms with van der Waals surface area (Å²) in [4.78, 5) is 2.78. The SMILES string of the molecule is CCN(CCCCCO)CC(N)=S. The van der Waals surface area contributed by atoms with Crippen molar-refractivity contribution in [2.75, 3.05) is 26.2 Å².